The lowest BCUT2D eigenvalue weighted by molar-refractivity contribution is -0.384. The molecule has 2 aliphatic heterocycles. The molecular weight excluding hydrogens is 380 g/mol. The first-order chi connectivity index (χ1) is 13.5. The van der Waals surface area contributed by atoms with Gasteiger partial charge in [-0.2, -0.15) is 0 Å². The zero-order valence-corrected chi connectivity index (χ0v) is 15.7. The summed E-state index contributed by atoms with van der Waals surface area (Å²) in [7, 11) is 0. The van der Waals surface area contributed by atoms with E-state index in [2.05, 4.69) is 4.31 Å². The monoisotopic (exact) mass is 398 g/mol. The summed E-state index contributed by atoms with van der Waals surface area (Å²) in [6.45, 7) is 2.26. The molecule has 2 fully saturated rings. The first-order valence-electron chi connectivity index (χ1n) is 9.04. The summed E-state index contributed by atoms with van der Waals surface area (Å²) in [6.07, 6.45) is -0.658. The van der Waals surface area contributed by atoms with Crippen LogP contribution in [0, 0.1) is 10.1 Å². The zero-order chi connectivity index (χ0) is 19.4. The number of rotatable bonds is 4. The molecule has 9 heteroatoms. The maximum absolute atomic E-state index is 11.3. The Kier molecular flexibility index (Phi) is 4.13. The minimum Gasteiger partial charge on any atom is -0.390 e. The lowest BCUT2D eigenvalue weighted by Crippen LogP contribution is -2.51. The van der Waals surface area contributed by atoms with Crippen molar-refractivity contribution in [1.29, 1.82) is 0 Å². The van der Waals surface area contributed by atoms with Crippen molar-refractivity contribution in [2.24, 2.45) is 0 Å². The quantitative estimate of drug-likeness (QED) is 0.298. The molecule has 0 aliphatic carbocycles. The van der Waals surface area contributed by atoms with E-state index < -0.39 is 11.0 Å². The molecule has 0 spiro atoms. The Bertz CT molecular complexity index is 1100. The lowest BCUT2D eigenvalue weighted by Gasteiger charge is -2.39. The molecule has 0 atom stereocenters. The molecule has 8 nitrogen and oxygen atoms in total. The predicted molar refractivity (Wildman–Crippen MR) is 108 cm³/mol. The molecular formula is C19H18N4O4S. The molecule has 5 rings (SSSR count). The van der Waals surface area contributed by atoms with Gasteiger partial charge in [-0.1, -0.05) is 0 Å². The van der Waals surface area contributed by atoms with Gasteiger partial charge < -0.3 is 15.1 Å². The predicted octanol–water partition coefficient (Wildman–Crippen LogP) is 2.16. The molecule has 3 heterocycles. The van der Waals surface area contributed by atoms with E-state index in [1.807, 2.05) is 23.1 Å². The number of benzene rings is 2. The van der Waals surface area contributed by atoms with Gasteiger partial charge in [-0.25, -0.2) is 9.29 Å². The van der Waals surface area contributed by atoms with Crippen molar-refractivity contribution >= 4 is 45.1 Å². The van der Waals surface area contributed by atoms with Gasteiger partial charge in [0.2, 0.25) is 0 Å². The SMILES string of the molecule is O=[N+]([O-])c1ccc2nc3ccc(SN4CC(O)C4)cc3c(N3CC(O)C3)c2c1. The summed E-state index contributed by atoms with van der Waals surface area (Å²) < 4.78 is 2.08. The average molecular weight is 398 g/mol. The summed E-state index contributed by atoms with van der Waals surface area (Å²) in [4.78, 5) is 18.6. The second kappa shape index (κ2) is 6.56. The summed E-state index contributed by atoms with van der Waals surface area (Å²) >= 11 is 1.58. The Balaban J connectivity index is 1.67. The molecule has 2 saturated heterocycles. The summed E-state index contributed by atoms with van der Waals surface area (Å²) in [6, 6.07) is 10.7. The lowest BCUT2D eigenvalue weighted by atomic mass is 10.0. The van der Waals surface area contributed by atoms with Gasteiger partial charge in [0.25, 0.3) is 5.69 Å². The molecule has 3 aromatic rings. The van der Waals surface area contributed by atoms with Crippen LogP contribution >= 0.6 is 11.9 Å². The van der Waals surface area contributed by atoms with E-state index in [0.29, 0.717) is 31.7 Å². The second-order valence-electron chi connectivity index (χ2n) is 7.25. The third-order valence-corrected chi connectivity index (χ3v) is 6.17. The Morgan fingerprint density at radius 3 is 2.29 bits per heavy atom. The van der Waals surface area contributed by atoms with Crippen LogP contribution in [0.2, 0.25) is 0 Å². The van der Waals surface area contributed by atoms with Crippen LogP contribution in [0.1, 0.15) is 0 Å². The highest BCUT2D eigenvalue weighted by atomic mass is 32.2. The van der Waals surface area contributed by atoms with Crippen LogP contribution in [0.15, 0.2) is 41.3 Å². The van der Waals surface area contributed by atoms with Crippen LogP contribution in [0.3, 0.4) is 0 Å². The molecule has 0 amide bonds. The molecule has 0 saturated carbocycles. The van der Waals surface area contributed by atoms with Crippen LogP contribution in [0.4, 0.5) is 11.4 Å². The topological polar surface area (TPSA) is 103 Å². The van der Waals surface area contributed by atoms with Crippen molar-refractivity contribution in [2.75, 3.05) is 31.1 Å². The Labute approximate surface area is 164 Å². The highest BCUT2D eigenvalue weighted by Gasteiger charge is 2.29. The first kappa shape index (κ1) is 17.6. The maximum Gasteiger partial charge on any atom is 0.270 e. The Hall–Kier alpha value is -2.46. The largest absolute Gasteiger partial charge is 0.390 e. The summed E-state index contributed by atoms with van der Waals surface area (Å²) in [5.41, 5.74) is 2.41. The van der Waals surface area contributed by atoms with Crippen molar-refractivity contribution in [3.05, 3.63) is 46.5 Å². The van der Waals surface area contributed by atoms with Crippen molar-refractivity contribution in [2.45, 2.75) is 17.1 Å². The molecule has 2 aromatic carbocycles. The number of anilines is 1. The molecule has 0 radical (unpaired) electrons. The summed E-state index contributed by atoms with van der Waals surface area (Å²) in [5.74, 6) is 0. The van der Waals surface area contributed by atoms with Crippen LogP contribution in [-0.2, 0) is 0 Å². The van der Waals surface area contributed by atoms with Crippen LogP contribution < -0.4 is 4.90 Å². The van der Waals surface area contributed by atoms with Gasteiger partial charge in [0.1, 0.15) is 0 Å². The number of hydrogen-bond acceptors (Lipinski definition) is 8. The number of β-amino-alcohol motifs (C(OH)–C–C–N with tert-alkyl or cyclic N) is 2. The number of aromatic nitrogens is 1. The van der Waals surface area contributed by atoms with Crippen molar-refractivity contribution < 1.29 is 15.1 Å². The fourth-order valence-electron chi connectivity index (χ4n) is 3.68. The molecule has 144 valence electrons. The van der Waals surface area contributed by atoms with Crippen molar-refractivity contribution in [1.82, 2.24) is 9.29 Å². The van der Waals surface area contributed by atoms with Gasteiger partial charge in [-0.15, -0.1) is 0 Å². The molecule has 2 N–H and O–H groups in total. The number of aliphatic hydroxyl groups excluding tert-OH is 2. The molecule has 2 aliphatic rings. The fourth-order valence-corrected chi connectivity index (χ4v) is 4.77. The normalized spacial score (nSPS) is 18.4. The van der Waals surface area contributed by atoms with Crippen LogP contribution in [-0.4, -0.2) is 62.8 Å². The highest BCUT2D eigenvalue weighted by Crippen LogP contribution is 2.40. The van der Waals surface area contributed by atoms with Gasteiger partial charge in [0.05, 0.1) is 33.9 Å². The molecule has 0 unspecified atom stereocenters. The van der Waals surface area contributed by atoms with Crippen LogP contribution in [0.25, 0.3) is 21.8 Å². The summed E-state index contributed by atoms with van der Waals surface area (Å²) in [5, 5.41) is 32.2. The van der Waals surface area contributed by atoms with Gasteiger partial charge in [-0.05, 0) is 36.2 Å². The highest BCUT2D eigenvalue weighted by molar-refractivity contribution is 7.97. The van der Waals surface area contributed by atoms with Crippen LogP contribution in [0.5, 0.6) is 0 Å². The maximum atomic E-state index is 11.3. The van der Waals surface area contributed by atoms with Crippen molar-refractivity contribution in [3.63, 3.8) is 0 Å². The van der Waals surface area contributed by atoms with E-state index in [0.717, 1.165) is 26.9 Å². The van der Waals surface area contributed by atoms with Gasteiger partial charge in [-0.3, -0.25) is 10.1 Å². The average Bonchev–Trinajstić information content (AvgIpc) is 2.62. The van der Waals surface area contributed by atoms with E-state index in [1.165, 1.54) is 6.07 Å². The molecule has 1 aromatic heterocycles. The van der Waals surface area contributed by atoms with Gasteiger partial charge in [0.15, 0.2) is 0 Å². The number of hydrogen-bond donors (Lipinski definition) is 2. The van der Waals surface area contributed by atoms with Gasteiger partial charge in [0, 0.05) is 54.0 Å². The van der Waals surface area contributed by atoms with E-state index in [1.54, 1.807) is 24.1 Å². The zero-order valence-electron chi connectivity index (χ0n) is 14.9. The van der Waals surface area contributed by atoms with E-state index in [9.17, 15) is 20.3 Å². The molecule has 28 heavy (non-hydrogen) atoms. The minimum absolute atomic E-state index is 0.0241. The molecule has 0 bridgehead atoms. The Morgan fingerprint density at radius 2 is 1.64 bits per heavy atom. The van der Waals surface area contributed by atoms with Gasteiger partial charge >= 0.3 is 0 Å². The van der Waals surface area contributed by atoms with E-state index in [-0.39, 0.29) is 11.8 Å². The fraction of sp³-hybridized carbons (Fsp3) is 0.316. The first-order valence-corrected chi connectivity index (χ1v) is 9.81. The number of nitro benzene ring substituents is 1. The number of aliphatic hydroxyl groups is 2. The number of nitrogens with zero attached hydrogens (tertiary/aromatic N) is 4. The van der Waals surface area contributed by atoms with E-state index >= 15 is 0 Å². The third kappa shape index (κ3) is 2.96. The number of pyridine rings is 1. The smallest absolute Gasteiger partial charge is 0.270 e. The second-order valence-corrected chi connectivity index (χ2v) is 8.42. The minimum atomic E-state index is -0.403. The third-order valence-electron chi connectivity index (χ3n) is 5.15. The standard InChI is InChI=1S/C19H18N4O4S/c24-12-7-21(8-12)19-15-5-11(23(26)27)1-3-17(15)20-18-4-2-14(6-16(18)19)28-22-9-13(25)10-22/h1-6,12-13,24-25H,7-10H2. The Morgan fingerprint density at radius 1 is 1.00 bits per heavy atom. The van der Waals surface area contributed by atoms with Crippen molar-refractivity contribution in [3.8, 4) is 0 Å². The number of nitro groups is 1. The van der Waals surface area contributed by atoms with E-state index in [4.69, 9.17) is 4.98 Å². The number of non-ortho nitro benzene ring substituents is 1. The number of fused-ring (bicyclic) bond motifs is 2.